The molecular weight excluding hydrogens is 512 g/mol. The van der Waals surface area contributed by atoms with Crippen molar-refractivity contribution in [1.29, 1.82) is 0 Å². The van der Waals surface area contributed by atoms with Crippen LogP contribution in [0.25, 0.3) is 32.0 Å². The van der Waals surface area contributed by atoms with Crippen LogP contribution in [-0.2, 0) is 6.61 Å². The van der Waals surface area contributed by atoms with E-state index in [1.807, 2.05) is 60.7 Å². The molecule has 1 N–H and O–H groups in total. The lowest BCUT2D eigenvalue weighted by atomic mass is 10.1. The number of hydrogen-bond acceptors (Lipinski definition) is 5. The third kappa shape index (κ3) is 4.49. The molecule has 5 nitrogen and oxygen atoms in total. The summed E-state index contributed by atoms with van der Waals surface area (Å²) in [5.74, 6) is 1.62. The highest BCUT2D eigenvalue weighted by atomic mass is 79.9. The SMILES string of the molecule is COc1cc(-c2nc3sc(-c4ccccc4)cc3c(=O)[nH]2)cc(Br)c1OCc1ccc(C)cc1. The lowest BCUT2D eigenvalue weighted by Crippen LogP contribution is -2.08. The number of nitrogens with one attached hydrogen (secondary N) is 1. The molecule has 0 atom stereocenters. The number of nitrogens with zero attached hydrogens (tertiary/aromatic N) is 1. The van der Waals surface area contributed by atoms with Crippen molar-refractivity contribution in [2.75, 3.05) is 7.11 Å². The summed E-state index contributed by atoms with van der Waals surface area (Å²) >= 11 is 5.10. The van der Waals surface area contributed by atoms with Gasteiger partial charge in [0, 0.05) is 10.4 Å². The zero-order valence-electron chi connectivity index (χ0n) is 18.6. The topological polar surface area (TPSA) is 64.2 Å². The van der Waals surface area contributed by atoms with E-state index in [4.69, 9.17) is 14.5 Å². The van der Waals surface area contributed by atoms with Crippen molar-refractivity contribution in [3.8, 4) is 33.3 Å². The first-order chi connectivity index (χ1) is 16.5. The maximum atomic E-state index is 12.9. The molecule has 5 aromatic rings. The fourth-order valence-corrected chi connectivity index (χ4v) is 5.24. The number of methoxy groups -OCH3 is 1. The van der Waals surface area contributed by atoms with Gasteiger partial charge in [0.2, 0.25) is 0 Å². The Morgan fingerprint density at radius 3 is 2.50 bits per heavy atom. The first-order valence-electron chi connectivity index (χ1n) is 10.7. The van der Waals surface area contributed by atoms with Crippen LogP contribution in [0, 0.1) is 6.92 Å². The number of benzene rings is 3. The number of H-pyrrole nitrogens is 1. The predicted molar refractivity (Wildman–Crippen MR) is 141 cm³/mol. The van der Waals surface area contributed by atoms with Crippen molar-refractivity contribution >= 4 is 37.5 Å². The van der Waals surface area contributed by atoms with E-state index in [0.717, 1.165) is 21.6 Å². The molecular formula is C27H21BrN2O3S. The fourth-order valence-electron chi connectivity index (χ4n) is 3.65. The Morgan fingerprint density at radius 1 is 1.00 bits per heavy atom. The Balaban J connectivity index is 1.49. The van der Waals surface area contributed by atoms with E-state index in [9.17, 15) is 4.79 Å². The summed E-state index contributed by atoms with van der Waals surface area (Å²) in [5.41, 5.74) is 3.87. The van der Waals surface area contributed by atoms with Crippen molar-refractivity contribution < 1.29 is 9.47 Å². The quantitative estimate of drug-likeness (QED) is 0.256. The van der Waals surface area contributed by atoms with Crippen LogP contribution in [0.5, 0.6) is 11.5 Å². The largest absolute Gasteiger partial charge is 0.493 e. The Hall–Kier alpha value is -3.42. The minimum absolute atomic E-state index is 0.173. The number of ether oxygens (including phenoxy) is 2. The third-order valence-electron chi connectivity index (χ3n) is 5.47. The monoisotopic (exact) mass is 532 g/mol. The molecule has 0 aliphatic rings. The van der Waals surface area contributed by atoms with Gasteiger partial charge in [0.25, 0.3) is 5.56 Å². The van der Waals surface area contributed by atoms with E-state index in [2.05, 4.69) is 40.0 Å². The Kier molecular flexibility index (Phi) is 6.22. The van der Waals surface area contributed by atoms with Crippen LogP contribution < -0.4 is 15.0 Å². The molecule has 3 aromatic carbocycles. The van der Waals surface area contributed by atoms with Gasteiger partial charge in [-0.2, -0.15) is 0 Å². The van der Waals surface area contributed by atoms with E-state index in [1.54, 1.807) is 7.11 Å². The summed E-state index contributed by atoms with van der Waals surface area (Å²) in [6.45, 7) is 2.46. The predicted octanol–water partition coefficient (Wildman–Crippen LogP) is 6.98. The number of hydrogen-bond donors (Lipinski definition) is 1. The van der Waals surface area contributed by atoms with E-state index in [0.29, 0.717) is 38.6 Å². The van der Waals surface area contributed by atoms with Crippen molar-refractivity contribution in [3.63, 3.8) is 0 Å². The zero-order chi connectivity index (χ0) is 23.7. The summed E-state index contributed by atoms with van der Waals surface area (Å²) in [4.78, 5) is 22.2. The summed E-state index contributed by atoms with van der Waals surface area (Å²) in [6.07, 6.45) is 0. The number of halogens is 1. The minimum Gasteiger partial charge on any atom is -0.493 e. The van der Waals surface area contributed by atoms with Crippen LogP contribution in [0.3, 0.4) is 0 Å². The average molecular weight is 533 g/mol. The van der Waals surface area contributed by atoms with E-state index >= 15 is 0 Å². The summed E-state index contributed by atoms with van der Waals surface area (Å²) in [5, 5.41) is 0.580. The van der Waals surface area contributed by atoms with Gasteiger partial charge in [-0.25, -0.2) is 4.98 Å². The van der Waals surface area contributed by atoms with Gasteiger partial charge in [0.15, 0.2) is 11.5 Å². The molecule has 0 unspecified atom stereocenters. The highest BCUT2D eigenvalue weighted by molar-refractivity contribution is 9.10. The number of rotatable bonds is 6. The van der Waals surface area contributed by atoms with Gasteiger partial charge in [-0.1, -0.05) is 60.2 Å². The molecule has 0 aliphatic heterocycles. The van der Waals surface area contributed by atoms with Gasteiger partial charge in [0.05, 0.1) is 17.0 Å². The van der Waals surface area contributed by atoms with Crippen molar-refractivity contribution in [3.05, 3.63) is 98.7 Å². The van der Waals surface area contributed by atoms with Gasteiger partial charge in [-0.3, -0.25) is 4.79 Å². The van der Waals surface area contributed by atoms with Crippen LogP contribution >= 0.6 is 27.3 Å². The molecule has 34 heavy (non-hydrogen) atoms. The molecule has 7 heteroatoms. The smallest absolute Gasteiger partial charge is 0.259 e. The van der Waals surface area contributed by atoms with E-state index < -0.39 is 0 Å². The average Bonchev–Trinajstić information content (AvgIpc) is 3.29. The number of thiophene rings is 1. The lowest BCUT2D eigenvalue weighted by Gasteiger charge is -2.14. The van der Waals surface area contributed by atoms with Gasteiger partial charge in [0.1, 0.15) is 17.3 Å². The maximum Gasteiger partial charge on any atom is 0.259 e. The van der Waals surface area contributed by atoms with Crippen molar-refractivity contribution in [2.45, 2.75) is 13.5 Å². The second-order valence-corrected chi connectivity index (χ2v) is 9.76. The first-order valence-corrected chi connectivity index (χ1v) is 12.3. The summed E-state index contributed by atoms with van der Waals surface area (Å²) in [6, 6.07) is 23.8. The molecule has 5 rings (SSSR count). The van der Waals surface area contributed by atoms with E-state index in [-0.39, 0.29) is 5.56 Å². The highest BCUT2D eigenvalue weighted by Crippen LogP contribution is 2.40. The van der Waals surface area contributed by atoms with Crippen LogP contribution in [0.1, 0.15) is 11.1 Å². The molecule has 0 spiro atoms. The molecule has 2 heterocycles. The molecule has 0 amide bonds. The molecule has 0 saturated carbocycles. The van der Waals surface area contributed by atoms with Gasteiger partial charge in [-0.15, -0.1) is 11.3 Å². The normalized spacial score (nSPS) is 11.0. The molecule has 0 bridgehead atoms. The van der Waals surface area contributed by atoms with Crippen LogP contribution in [0.2, 0.25) is 0 Å². The number of aryl methyl sites for hydroxylation is 1. The van der Waals surface area contributed by atoms with Crippen LogP contribution in [0.4, 0.5) is 0 Å². The molecule has 170 valence electrons. The summed E-state index contributed by atoms with van der Waals surface area (Å²) < 4.78 is 12.4. The molecule has 0 aliphatic carbocycles. The number of aromatic amines is 1. The highest BCUT2D eigenvalue weighted by Gasteiger charge is 2.16. The van der Waals surface area contributed by atoms with Gasteiger partial charge in [-0.05, 0) is 52.2 Å². The number of aromatic nitrogens is 2. The molecule has 0 saturated heterocycles. The van der Waals surface area contributed by atoms with Gasteiger partial charge >= 0.3 is 0 Å². The molecule has 0 fully saturated rings. The first kappa shape index (κ1) is 22.4. The van der Waals surface area contributed by atoms with Gasteiger partial charge < -0.3 is 14.5 Å². The Morgan fingerprint density at radius 2 is 1.76 bits per heavy atom. The fraction of sp³-hybridized carbons (Fsp3) is 0.111. The lowest BCUT2D eigenvalue weighted by molar-refractivity contribution is 0.282. The minimum atomic E-state index is -0.173. The van der Waals surface area contributed by atoms with E-state index in [1.165, 1.54) is 16.9 Å². The van der Waals surface area contributed by atoms with Crippen LogP contribution in [-0.4, -0.2) is 17.1 Å². The molecule has 2 aromatic heterocycles. The molecule has 0 radical (unpaired) electrons. The van der Waals surface area contributed by atoms with Crippen molar-refractivity contribution in [2.24, 2.45) is 0 Å². The second-order valence-electron chi connectivity index (χ2n) is 7.87. The Labute approximate surface area is 209 Å². The number of fused-ring (bicyclic) bond motifs is 1. The maximum absolute atomic E-state index is 12.9. The standard InChI is InChI=1S/C27H21BrN2O3S/c1-16-8-10-17(11-9-16)15-33-24-21(28)12-19(13-22(24)32-2)25-29-26(31)20-14-23(34-27(20)30-25)18-6-4-3-5-7-18/h3-14H,15H2,1-2H3,(H,29,30,31). The summed E-state index contributed by atoms with van der Waals surface area (Å²) in [7, 11) is 1.59. The Bertz CT molecular complexity index is 1530. The zero-order valence-corrected chi connectivity index (χ0v) is 21.0. The van der Waals surface area contributed by atoms with Crippen LogP contribution in [0.15, 0.2) is 82.1 Å². The second kappa shape index (κ2) is 9.44. The van der Waals surface area contributed by atoms with Crippen molar-refractivity contribution in [1.82, 2.24) is 9.97 Å². The third-order valence-corrected chi connectivity index (χ3v) is 7.13.